The molecule has 0 saturated heterocycles. The van der Waals surface area contributed by atoms with Crippen LogP contribution in [0.1, 0.15) is 57.8 Å². The second kappa shape index (κ2) is 7.85. The average Bonchev–Trinajstić information content (AvgIpc) is 2.89. The van der Waals surface area contributed by atoms with E-state index in [1.165, 1.54) is 38.5 Å². The number of carbonyl (C=O) groups is 1. The molecule has 0 atom stereocenters. The standard InChI is InChI=1S/C15H29N3O/c16-15(19)11-12-5-7-14(8-6-12)18-10-9-17-13-3-1-2-4-13/h12-14,17-18H,1-11H2,(H2,16,19). The number of nitrogens with one attached hydrogen (secondary N) is 2. The molecule has 0 radical (unpaired) electrons. The van der Waals surface area contributed by atoms with E-state index >= 15 is 0 Å². The Hall–Kier alpha value is -0.610. The second-order valence-electron chi connectivity index (χ2n) is 6.28. The summed E-state index contributed by atoms with van der Waals surface area (Å²) in [5.74, 6) is 0.393. The summed E-state index contributed by atoms with van der Waals surface area (Å²) < 4.78 is 0. The number of nitrogens with two attached hydrogens (primary N) is 1. The van der Waals surface area contributed by atoms with E-state index in [0.29, 0.717) is 18.4 Å². The number of amides is 1. The van der Waals surface area contributed by atoms with Crippen LogP contribution in [0.25, 0.3) is 0 Å². The first-order chi connectivity index (χ1) is 9.24. The zero-order valence-corrected chi connectivity index (χ0v) is 12.0. The minimum Gasteiger partial charge on any atom is -0.370 e. The van der Waals surface area contributed by atoms with Crippen molar-refractivity contribution in [2.45, 2.75) is 69.9 Å². The number of hydrogen-bond acceptors (Lipinski definition) is 3. The number of hydrogen-bond donors (Lipinski definition) is 3. The Morgan fingerprint density at radius 3 is 1.95 bits per heavy atom. The molecule has 2 saturated carbocycles. The molecule has 0 aromatic rings. The third-order valence-corrected chi connectivity index (χ3v) is 4.68. The molecule has 0 spiro atoms. The molecule has 0 bridgehead atoms. The van der Waals surface area contributed by atoms with Gasteiger partial charge in [-0.15, -0.1) is 0 Å². The molecule has 1 amide bonds. The van der Waals surface area contributed by atoms with Crippen molar-refractivity contribution >= 4 is 5.91 Å². The van der Waals surface area contributed by atoms with Crippen molar-refractivity contribution in [1.29, 1.82) is 0 Å². The van der Waals surface area contributed by atoms with Gasteiger partial charge in [0.15, 0.2) is 0 Å². The summed E-state index contributed by atoms with van der Waals surface area (Å²) in [6.45, 7) is 2.16. The van der Waals surface area contributed by atoms with E-state index in [0.717, 1.165) is 32.0 Å². The minimum atomic E-state index is -0.142. The Morgan fingerprint density at radius 1 is 0.895 bits per heavy atom. The van der Waals surface area contributed by atoms with Crippen molar-refractivity contribution in [3.05, 3.63) is 0 Å². The average molecular weight is 267 g/mol. The summed E-state index contributed by atoms with van der Waals surface area (Å²) in [6.07, 6.45) is 10.8. The predicted octanol–water partition coefficient (Wildman–Crippen LogP) is 1.54. The van der Waals surface area contributed by atoms with Crippen LogP contribution in [0.4, 0.5) is 0 Å². The third-order valence-electron chi connectivity index (χ3n) is 4.68. The highest BCUT2D eigenvalue weighted by Crippen LogP contribution is 2.26. The van der Waals surface area contributed by atoms with Crippen LogP contribution >= 0.6 is 0 Å². The van der Waals surface area contributed by atoms with Gasteiger partial charge in [-0.3, -0.25) is 4.79 Å². The molecule has 0 aliphatic heterocycles. The first-order valence-corrected chi connectivity index (χ1v) is 7.99. The highest BCUT2D eigenvalue weighted by Gasteiger charge is 2.22. The van der Waals surface area contributed by atoms with E-state index in [1.807, 2.05) is 0 Å². The van der Waals surface area contributed by atoms with Crippen LogP contribution in [0.3, 0.4) is 0 Å². The lowest BCUT2D eigenvalue weighted by Gasteiger charge is -2.28. The van der Waals surface area contributed by atoms with E-state index in [2.05, 4.69) is 10.6 Å². The molecule has 2 aliphatic carbocycles. The molecule has 2 fully saturated rings. The highest BCUT2D eigenvalue weighted by molar-refractivity contribution is 5.73. The van der Waals surface area contributed by atoms with Gasteiger partial charge in [-0.2, -0.15) is 0 Å². The fourth-order valence-corrected chi connectivity index (χ4v) is 3.54. The maximum absolute atomic E-state index is 10.9. The van der Waals surface area contributed by atoms with Crippen LogP contribution in [0.2, 0.25) is 0 Å². The summed E-state index contributed by atoms with van der Waals surface area (Å²) in [4.78, 5) is 10.9. The first-order valence-electron chi connectivity index (χ1n) is 7.99. The van der Waals surface area contributed by atoms with Gasteiger partial charge in [-0.1, -0.05) is 12.8 Å². The normalized spacial score (nSPS) is 28.6. The Morgan fingerprint density at radius 2 is 1.42 bits per heavy atom. The van der Waals surface area contributed by atoms with Crippen molar-refractivity contribution in [2.24, 2.45) is 11.7 Å². The maximum Gasteiger partial charge on any atom is 0.217 e. The van der Waals surface area contributed by atoms with Gasteiger partial charge < -0.3 is 16.4 Å². The van der Waals surface area contributed by atoms with Crippen LogP contribution in [0.15, 0.2) is 0 Å². The van der Waals surface area contributed by atoms with E-state index in [1.54, 1.807) is 0 Å². The molecule has 110 valence electrons. The third kappa shape index (κ3) is 5.49. The minimum absolute atomic E-state index is 0.142. The van der Waals surface area contributed by atoms with E-state index in [4.69, 9.17) is 5.73 Å². The monoisotopic (exact) mass is 267 g/mol. The van der Waals surface area contributed by atoms with Crippen LogP contribution in [-0.2, 0) is 4.79 Å². The molecule has 4 heteroatoms. The van der Waals surface area contributed by atoms with Crippen LogP contribution in [0.5, 0.6) is 0 Å². The zero-order valence-electron chi connectivity index (χ0n) is 12.0. The molecular weight excluding hydrogens is 238 g/mol. The van der Waals surface area contributed by atoms with Crippen molar-refractivity contribution in [3.8, 4) is 0 Å². The van der Waals surface area contributed by atoms with Crippen LogP contribution in [0, 0.1) is 5.92 Å². The van der Waals surface area contributed by atoms with Crippen molar-refractivity contribution in [1.82, 2.24) is 10.6 Å². The molecule has 0 heterocycles. The van der Waals surface area contributed by atoms with Crippen LogP contribution < -0.4 is 16.4 Å². The fraction of sp³-hybridized carbons (Fsp3) is 0.933. The lowest BCUT2D eigenvalue weighted by atomic mass is 9.84. The molecule has 0 aromatic carbocycles. The van der Waals surface area contributed by atoms with Gasteiger partial charge in [0, 0.05) is 31.6 Å². The summed E-state index contributed by atoms with van der Waals surface area (Å²) in [6, 6.07) is 1.42. The molecule has 2 aliphatic rings. The topological polar surface area (TPSA) is 67.2 Å². The summed E-state index contributed by atoms with van der Waals surface area (Å²) in [7, 11) is 0. The van der Waals surface area contributed by atoms with Gasteiger partial charge in [0.25, 0.3) is 0 Å². The van der Waals surface area contributed by atoms with E-state index in [9.17, 15) is 4.79 Å². The maximum atomic E-state index is 10.9. The Bertz CT molecular complexity index is 269. The number of rotatable bonds is 7. The van der Waals surface area contributed by atoms with Gasteiger partial charge in [-0.25, -0.2) is 0 Å². The smallest absolute Gasteiger partial charge is 0.217 e. The van der Waals surface area contributed by atoms with Gasteiger partial charge >= 0.3 is 0 Å². The van der Waals surface area contributed by atoms with E-state index < -0.39 is 0 Å². The largest absolute Gasteiger partial charge is 0.370 e. The van der Waals surface area contributed by atoms with Gasteiger partial charge in [-0.05, 0) is 44.4 Å². The molecule has 19 heavy (non-hydrogen) atoms. The van der Waals surface area contributed by atoms with Gasteiger partial charge in [0.1, 0.15) is 0 Å². The summed E-state index contributed by atoms with van der Waals surface area (Å²) in [5.41, 5.74) is 5.25. The fourth-order valence-electron chi connectivity index (χ4n) is 3.54. The summed E-state index contributed by atoms with van der Waals surface area (Å²) >= 11 is 0. The first kappa shape index (κ1) is 14.8. The zero-order chi connectivity index (χ0) is 13.5. The van der Waals surface area contributed by atoms with Gasteiger partial charge in [0.2, 0.25) is 5.91 Å². The highest BCUT2D eigenvalue weighted by atomic mass is 16.1. The quantitative estimate of drug-likeness (QED) is 0.613. The SMILES string of the molecule is NC(=O)CC1CCC(NCCNC2CCCC2)CC1. The van der Waals surface area contributed by atoms with Gasteiger partial charge in [0.05, 0.1) is 0 Å². The Labute approximate surface area is 116 Å². The predicted molar refractivity (Wildman–Crippen MR) is 77.8 cm³/mol. The Balaban J connectivity index is 1.49. The van der Waals surface area contributed by atoms with Crippen molar-refractivity contribution in [3.63, 3.8) is 0 Å². The molecule has 2 rings (SSSR count). The van der Waals surface area contributed by atoms with Crippen molar-refractivity contribution in [2.75, 3.05) is 13.1 Å². The van der Waals surface area contributed by atoms with Crippen LogP contribution in [-0.4, -0.2) is 31.1 Å². The summed E-state index contributed by atoms with van der Waals surface area (Å²) in [5, 5.41) is 7.27. The molecule has 0 aromatic heterocycles. The van der Waals surface area contributed by atoms with E-state index in [-0.39, 0.29) is 5.91 Å². The molecule has 4 nitrogen and oxygen atoms in total. The van der Waals surface area contributed by atoms with Crippen molar-refractivity contribution < 1.29 is 4.79 Å². The molecule has 4 N–H and O–H groups in total. The second-order valence-corrected chi connectivity index (χ2v) is 6.28. The molecule has 0 unspecified atom stereocenters. The Kier molecular flexibility index (Phi) is 6.11. The lowest BCUT2D eigenvalue weighted by molar-refractivity contribution is -0.119. The number of carbonyl (C=O) groups excluding carboxylic acids is 1. The lowest BCUT2D eigenvalue weighted by Crippen LogP contribution is -2.39. The number of primary amides is 1. The molecular formula is C15H29N3O.